The minimum Gasteiger partial charge on any atom is -0.359 e. The van der Waals surface area contributed by atoms with E-state index < -0.39 is 0 Å². The van der Waals surface area contributed by atoms with Crippen molar-refractivity contribution in [1.29, 1.82) is 5.41 Å². The van der Waals surface area contributed by atoms with Crippen LogP contribution in [0.5, 0.6) is 0 Å². The van der Waals surface area contributed by atoms with E-state index in [4.69, 9.17) is 5.41 Å². The predicted octanol–water partition coefficient (Wildman–Crippen LogP) is 2.61. The highest BCUT2D eigenvalue weighted by Gasteiger charge is 2.00. The quantitative estimate of drug-likeness (QED) is 0.486. The van der Waals surface area contributed by atoms with E-state index in [9.17, 15) is 0 Å². The lowest BCUT2D eigenvalue weighted by Gasteiger charge is -2.10. The Morgan fingerprint density at radius 2 is 1.83 bits per heavy atom. The Balaban J connectivity index is 4.24. The van der Waals surface area contributed by atoms with Gasteiger partial charge in [-0.2, -0.15) is 0 Å². The van der Waals surface area contributed by atoms with Crippen molar-refractivity contribution in [3.05, 3.63) is 36.2 Å². The fourth-order valence-corrected chi connectivity index (χ4v) is 0.612. The maximum atomic E-state index is 7.31. The summed E-state index contributed by atoms with van der Waals surface area (Å²) in [6.45, 7) is 13.1. The molecule has 0 unspecified atom stereocenters. The molecule has 0 spiro atoms. The van der Waals surface area contributed by atoms with Crippen LogP contribution in [0.4, 0.5) is 0 Å². The standard InChI is InChI=1S/C10H16N2/c1-6-7(2)12-10(5)8(3)9(4)11/h6,11-12H,3,5H2,1-2,4H3/b7-6+,11-9?. The zero-order valence-electron chi connectivity index (χ0n) is 7.99. The van der Waals surface area contributed by atoms with Gasteiger partial charge in [0.2, 0.25) is 0 Å². The normalized spacial score (nSPS) is 10.8. The third-order valence-corrected chi connectivity index (χ3v) is 1.60. The Morgan fingerprint density at radius 3 is 2.17 bits per heavy atom. The van der Waals surface area contributed by atoms with Crippen molar-refractivity contribution in [2.75, 3.05) is 0 Å². The molecule has 0 rings (SSSR count). The molecule has 0 aliphatic heterocycles. The molecule has 2 heteroatoms. The molecular weight excluding hydrogens is 148 g/mol. The predicted molar refractivity (Wildman–Crippen MR) is 54.2 cm³/mol. The molecule has 0 atom stereocenters. The van der Waals surface area contributed by atoms with Crippen LogP contribution >= 0.6 is 0 Å². The first-order chi connectivity index (χ1) is 5.49. The van der Waals surface area contributed by atoms with Gasteiger partial charge in [0.1, 0.15) is 0 Å². The Kier molecular flexibility index (Phi) is 4.05. The van der Waals surface area contributed by atoms with E-state index in [-0.39, 0.29) is 0 Å². The van der Waals surface area contributed by atoms with Gasteiger partial charge in [0, 0.05) is 22.7 Å². The summed E-state index contributed by atoms with van der Waals surface area (Å²) in [6, 6.07) is 0. The number of hydrogen-bond donors (Lipinski definition) is 2. The Labute approximate surface area is 74.2 Å². The average molecular weight is 164 g/mol. The van der Waals surface area contributed by atoms with Crippen molar-refractivity contribution in [3.63, 3.8) is 0 Å². The van der Waals surface area contributed by atoms with Crippen LogP contribution < -0.4 is 5.32 Å². The summed E-state index contributed by atoms with van der Waals surface area (Å²) < 4.78 is 0. The highest BCUT2D eigenvalue weighted by molar-refractivity contribution is 5.98. The van der Waals surface area contributed by atoms with Crippen LogP contribution in [-0.2, 0) is 0 Å². The molecule has 0 saturated heterocycles. The molecule has 12 heavy (non-hydrogen) atoms. The van der Waals surface area contributed by atoms with Gasteiger partial charge in [-0.3, -0.25) is 0 Å². The van der Waals surface area contributed by atoms with Crippen LogP contribution in [0.3, 0.4) is 0 Å². The summed E-state index contributed by atoms with van der Waals surface area (Å²) in [5, 5.41) is 10.3. The highest BCUT2D eigenvalue weighted by atomic mass is 14.9. The second-order valence-electron chi connectivity index (χ2n) is 2.68. The van der Waals surface area contributed by atoms with Crippen molar-refractivity contribution in [3.8, 4) is 0 Å². The molecule has 66 valence electrons. The Bertz CT molecular complexity index is 247. The first kappa shape index (κ1) is 10.7. The maximum Gasteiger partial charge on any atom is 0.0394 e. The van der Waals surface area contributed by atoms with E-state index in [1.807, 2.05) is 19.9 Å². The average Bonchev–Trinajstić information content (AvgIpc) is 2.02. The summed E-state index contributed by atoms with van der Waals surface area (Å²) in [5.41, 5.74) is 2.80. The molecule has 0 aromatic heterocycles. The molecule has 0 radical (unpaired) electrons. The lowest BCUT2D eigenvalue weighted by molar-refractivity contribution is 0.993. The summed E-state index contributed by atoms with van der Waals surface area (Å²) in [6.07, 6.45) is 1.94. The van der Waals surface area contributed by atoms with Crippen molar-refractivity contribution < 1.29 is 0 Å². The Morgan fingerprint density at radius 1 is 1.33 bits per heavy atom. The van der Waals surface area contributed by atoms with Gasteiger partial charge in [-0.05, 0) is 20.8 Å². The van der Waals surface area contributed by atoms with Crippen LogP contribution in [0.25, 0.3) is 0 Å². The van der Waals surface area contributed by atoms with Crippen LogP contribution in [0.15, 0.2) is 36.2 Å². The number of allylic oxidation sites excluding steroid dienone is 3. The van der Waals surface area contributed by atoms with Crippen molar-refractivity contribution in [2.24, 2.45) is 0 Å². The Hall–Kier alpha value is -1.31. The number of hydrogen-bond acceptors (Lipinski definition) is 2. The monoisotopic (exact) mass is 164 g/mol. The molecule has 0 saturated carbocycles. The van der Waals surface area contributed by atoms with Crippen LogP contribution in [0, 0.1) is 5.41 Å². The van der Waals surface area contributed by atoms with E-state index in [0.29, 0.717) is 17.0 Å². The first-order valence-electron chi connectivity index (χ1n) is 3.82. The van der Waals surface area contributed by atoms with Gasteiger partial charge in [-0.1, -0.05) is 19.2 Å². The molecule has 2 nitrogen and oxygen atoms in total. The number of rotatable bonds is 4. The van der Waals surface area contributed by atoms with Gasteiger partial charge in [0.05, 0.1) is 0 Å². The topological polar surface area (TPSA) is 35.9 Å². The smallest absolute Gasteiger partial charge is 0.0394 e. The molecule has 0 fully saturated rings. The van der Waals surface area contributed by atoms with Crippen LogP contribution in [-0.4, -0.2) is 5.71 Å². The van der Waals surface area contributed by atoms with Crippen molar-refractivity contribution in [1.82, 2.24) is 5.32 Å². The van der Waals surface area contributed by atoms with E-state index >= 15 is 0 Å². The lowest BCUT2D eigenvalue weighted by Crippen LogP contribution is -2.13. The zero-order chi connectivity index (χ0) is 9.72. The minimum absolute atomic E-state index is 0.441. The molecular formula is C10H16N2. The second kappa shape index (κ2) is 4.54. The zero-order valence-corrected chi connectivity index (χ0v) is 7.99. The molecule has 2 N–H and O–H groups in total. The third-order valence-electron chi connectivity index (χ3n) is 1.60. The molecule has 0 amide bonds. The van der Waals surface area contributed by atoms with Gasteiger partial charge >= 0.3 is 0 Å². The molecule has 0 aromatic carbocycles. The van der Waals surface area contributed by atoms with Crippen LogP contribution in [0.2, 0.25) is 0 Å². The molecule has 0 aromatic rings. The van der Waals surface area contributed by atoms with Crippen molar-refractivity contribution >= 4 is 5.71 Å². The summed E-state index contributed by atoms with van der Waals surface area (Å²) in [5.74, 6) is 0. The summed E-state index contributed by atoms with van der Waals surface area (Å²) >= 11 is 0. The largest absolute Gasteiger partial charge is 0.359 e. The van der Waals surface area contributed by atoms with E-state index in [1.165, 1.54) is 0 Å². The van der Waals surface area contributed by atoms with Gasteiger partial charge in [0.15, 0.2) is 0 Å². The molecule has 0 bridgehead atoms. The highest BCUT2D eigenvalue weighted by Crippen LogP contribution is 2.04. The maximum absolute atomic E-state index is 7.31. The van der Waals surface area contributed by atoms with Crippen molar-refractivity contribution in [2.45, 2.75) is 20.8 Å². The third kappa shape index (κ3) is 3.19. The van der Waals surface area contributed by atoms with Crippen LogP contribution in [0.1, 0.15) is 20.8 Å². The summed E-state index contributed by atoms with van der Waals surface area (Å²) in [7, 11) is 0. The van der Waals surface area contributed by atoms with Gasteiger partial charge < -0.3 is 10.7 Å². The molecule has 0 aliphatic rings. The molecule has 0 heterocycles. The fraction of sp³-hybridized carbons (Fsp3) is 0.300. The SMILES string of the molecule is C=C(N/C(C)=C/C)C(=C)C(C)=N. The first-order valence-corrected chi connectivity index (χ1v) is 3.82. The lowest BCUT2D eigenvalue weighted by atomic mass is 10.1. The summed E-state index contributed by atoms with van der Waals surface area (Å²) in [4.78, 5) is 0. The van der Waals surface area contributed by atoms with Gasteiger partial charge in [-0.15, -0.1) is 0 Å². The van der Waals surface area contributed by atoms with Gasteiger partial charge in [0.25, 0.3) is 0 Å². The molecule has 0 aliphatic carbocycles. The number of nitrogens with one attached hydrogen (secondary N) is 2. The van der Waals surface area contributed by atoms with Gasteiger partial charge in [-0.25, -0.2) is 0 Å². The minimum atomic E-state index is 0.441. The van der Waals surface area contributed by atoms with E-state index in [0.717, 1.165) is 5.70 Å². The van der Waals surface area contributed by atoms with E-state index in [2.05, 4.69) is 18.5 Å². The fourth-order valence-electron chi connectivity index (χ4n) is 0.612. The second-order valence-corrected chi connectivity index (χ2v) is 2.68. The van der Waals surface area contributed by atoms with E-state index in [1.54, 1.807) is 6.92 Å².